The molecule has 0 bridgehead atoms. The smallest absolute Gasteiger partial charge is 0.173 e. The van der Waals surface area contributed by atoms with Crippen LogP contribution < -0.4 is 0 Å². The van der Waals surface area contributed by atoms with E-state index < -0.39 is 11.5 Å². The van der Waals surface area contributed by atoms with Crippen LogP contribution >= 0.6 is 25.3 Å². The van der Waals surface area contributed by atoms with Gasteiger partial charge in [-0.25, -0.2) is 0 Å². The number of phenols is 2. The van der Waals surface area contributed by atoms with Crippen molar-refractivity contribution in [3.05, 3.63) is 11.1 Å². The number of hydrogen-bond donors (Lipinski definition) is 4. The van der Waals surface area contributed by atoms with Crippen LogP contribution in [0.25, 0.3) is 0 Å². The second-order valence-electron chi connectivity index (χ2n) is 2.37. The zero-order valence-corrected chi connectivity index (χ0v) is 8.47. The van der Waals surface area contributed by atoms with Gasteiger partial charge in [-0.2, -0.15) is 10.5 Å². The molecule has 2 N–H and O–H groups in total. The molecule has 0 spiro atoms. The highest BCUT2D eigenvalue weighted by atomic mass is 32.1. The van der Waals surface area contributed by atoms with Crippen molar-refractivity contribution >= 4 is 25.3 Å². The van der Waals surface area contributed by atoms with E-state index in [1.807, 2.05) is 0 Å². The van der Waals surface area contributed by atoms with Gasteiger partial charge in [-0.15, -0.1) is 25.3 Å². The maximum absolute atomic E-state index is 9.28. The fourth-order valence-corrected chi connectivity index (χ4v) is 1.45. The molecular formula is C8H4N2O2S2. The number of thiol groups is 2. The first kappa shape index (κ1) is 10.6. The topological polar surface area (TPSA) is 88.0 Å². The van der Waals surface area contributed by atoms with Crippen molar-refractivity contribution in [2.24, 2.45) is 0 Å². The van der Waals surface area contributed by atoms with E-state index >= 15 is 0 Å². The van der Waals surface area contributed by atoms with Gasteiger partial charge in [0.2, 0.25) is 0 Å². The van der Waals surface area contributed by atoms with Crippen molar-refractivity contribution in [1.82, 2.24) is 0 Å². The van der Waals surface area contributed by atoms with Gasteiger partial charge in [0.25, 0.3) is 0 Å². The third kappa shape index (κ3) is 1.35. The van der Waals surface area contributed by atoms with Gasteiger partial charge in [0.05, 0.1) is 20.9 Å². The van der Waals surface area contributed by atoms with E-state index in [-0.39, 0.29) is 20.9 Å². The fourth-order valence-electron chi connectivity index (χ4n) is 0.916. The van der Waals surface area contributed by atoms with E-state index in [4.69, 9.17) is 10.5 Å². The maximum Gasteiger partial charge on any atom is 0.173 e. The Balaban J connectivity index is 3.79. The standard InChI is InChI=1S/C8H4N2O2S2/c9-1-3-4(2-10)8(14)6(12)5(11)7(3)13/h11-14H. The molecule has 0 aliphatic heterocycles. The summed E-state index contributed by atoms with van der Waals surface area (Å²) < 4.78 is 0. The van der Waals surface area contributed by atoms with Crippen molar-refractivity contribution in [3.8, 4) is 23.6 Å². The molecule has 0 atom stereocenters. The largest absolute Gasteiger partial charge is 0.503 e. The Hall–Kier alpha value is -1.50. The average molecular weight is 224 g/mol. The minimum absolute atomic E-state index is 0.101. The predicted octanol–water partition coefficient (Wildman–Crippen LogP) is 1.42. The third-order valence-electron chi connectivity index (χ3n) is 1.62. The van der Waals surface area contributed by atoms with Crippen LogP contribution in [0.5, 0.6) is 11.5 Å². The lowest BCUT2D eigenvalue weighted by atomic mass is 10.1. The molecule has 0 saturated carbocycles. The number of rotatable bonds is 0. The molecule has 4 nitrogen and oxygen atoms in total. The maximum atomic E-state index is 9.28. The molecule has 0 fully saturated rings. The van der Waals surface area contributed by atoms with E-state index in [0.717, 1.165) is 0 Å². The van der Waals surface area contributed by atoms with Crippen LogP contribution in [-0.2, 0) is 0 Å². The van der Waals surface area contributed by atoms with Gasteiger partial charge < -0.3 is 10.2 Å². The summed E-state index contributed by atoms with van der Waals surface area (Å²) in [7, 11) is 0. The summed E-state index contributed by atoms with van der Waals surface area (Å²) in [6, 6.07) is 3.41. The van der Waals surface area contributed by atoms with Crippen molar-refractivity contribution < 1.29 is 10.2 Å². The Morgan fingerprint density at radius 1 is 0.857 bits per heavy atom. The Morgan fingerprint density at radius 3 is 1.36 bits per heavy atom. The van der Waals surface area contributed by atoms with Crippen molar-refractivity contribution in [2.75, 3.05) is 0 Å². The minimum Gasteiger partial charge on any atom is -0.503 e. The average Bonchev–Trinajstić information content (AvgIpc) is 2.20. The van der Waals surface area contributed by atoms with Crippen molar-refractivity contribution in [2.45, 2.75) is 9.79 Å². The van der Waals surface area contributed by atoms with Gasteiger partial charge in [-0.1, -0.05) is 0 Å². The summed E-state index contributed by atoms with van der Waals surface area (Å²) in [6.45, 7) is 0. The molecule has 70 valence electrons. The summed E-state index contributed by atoms with van der Waals surface area (Å²) in [4.78, 5) is -0.251. The quantitative estimate of drug-likeness (QED) is 0.396. The lowest BCUT2D eigenvalue weighted by Gasteiger charge is -2.07. The normalized spacial score (nSPS) is 9.14. The highest BCUT2D eigenvalue weighted by Crippen LogP contribution is 2.41. The Kier molecular flexibility index (Phi) is 2.80. The van der Waals surface area contributed by atoms with Gasteiger partial charge in [-0.05, 0) is 0 Å². The molecule has 1 aromatic rings. The number of aromatic hydroxyl groups is 2. The third-order valence-corrected chi connectivity index (χ3v) is 2.49. The highest BCUT2D eigenvalue weighted by Gasteiger charge is 2.19. The van der Waals surface area contributed by atoms with Crippen LogP contribution in [0.3, 0.4) is 0 Å². The number of benzene rings is 1. The summed E-state index contributed by atoms with van der Waals surface area (Å²) in [5.41, 5.74) is -0.202. The predicted molar refractivity (Wildman–Crippen MR) is 53.7 cm³/mol. The molecule has 0 saturated heterocycles. The van der Waals surface area contributed by atoms with Gasteiger partial charge in [-0.3, -0.25) is 0 Å². The zero-order chi connectivity index (χ0) is 10.9. The lowest BCUT2D eigenvalue weighted by molar-refractivity contribution is 0.386. The molecule has 0 heterocycles. The van der Waals surface area contributed by atoms with Crippen LogP contribution in [0, 0.1) is 22.7 Å². The van der Waals surface area contributed by atoms with Gasteiger partial charge >= 0.3 is 0 Å². The van der Waals surface area contributed by atoms with Crippen LogP contribution in [-0.4, -0.2) is 10.2 Å². The number of nitriles is 2. The number of phenolic OH excluding ortho intramolecular Hbond substituents is 2. The van der Waals surface area contributed by atoms with Crippen molar-refractivity contribution in [1.29, 1.82) is 10.5 Å². The SMILES string of the molecule is N#Cc1c(S)c(O)c(O)c(S)c1C#N. The van der Waals surface area contributed by atoms with E-state index in [9.17, 15) is 10.2 Å². The van der Waals surface area contributed by atoms with Crippen LogP contribution in [0.15, 0.2) is 9.79 Å². The second-order valence-corrected chi connectivity index (χ2v) is 3.26. The first-order chi connectivity index (χ1) is 6.54. The molecule has 6 heteroatoms. The van der Waals surface area contributed by atoms with Crippen LogP contribution in [0.1, 0.15) is 11.1 Å². The van der Waals surface area contributed by atoms with E-state index in [0.29, 0.717) is 0 Å². The fraction of sp³-hybridized carbons (Fsp3) is 0. The molecule has 1 rings (SSSR count). The molecular weight excluding hydrogens is 220 g/mol. The highest BCUT2D eigenvalue weighted by molar-refractivity contribution is 7.81. The van der Waals surface area contributed by atoms with E-state index in [1.54, 1.807) is 12.1 Å². The van der Waals surface area contributed by atoms with Crippen LogP contribution in [0.4, 0.5) is 0 Å². The Morgan fingerprint density at radius 2 is 1.14 bits per heavy atom. The first-order valence-electron chi connectivity index (χ1n) is 3.34. The van der Waals surface area contributed by atoms with Crippen molar-refractivity contribution in [3.63, 3.8) is 0 Å². The Labute approximate surface area is 90.8 Å². The Bertz CT molecular complexity index is 441. The molecule has 0 amide bonds. The lowest BCUT2D eigenvalue weighted by Crippen LogP contribution is -1.90. The molecule has 0 aliphatic carbocycles. The summed E-state index contributed by atoms with van der Waals surface area (Å²) in [5.74, 6) is -1.09. The van der Waals surface area contributed by atoms with Gasteiger partial charge in [0.1, 0.15) is 12.1 Å². The molecule has 0 aromatic heterocycles. The summed E-state index contributed by atoms with van der Waals surface area (Å²) in [5, 5.41) is 36.0. The number of nitrogens with zero attached hydrogens (tertiary/aromatic N) is 2. The summed E-state index contributed by atoms with van der Waals surface area (Å²) >= 11 is 7.63. The van der Waals surface area contributed by atoms with E-state index in [2.05, 4.69) is 25.3 Å². The van der Waals surface area contributed by atoms with Crippen LogP contribution in [0.2, 0.25) is 0 Å². The molecule has 0 aliphatic rings. The monoisotopic (exact) mass is 224 g/mol. The number of hydrogen-bond acceptors (Lipinski definition) is 6. The van der Waals surface area contributed by atoms with Gasteiger partial charge in [0.15, 0.2) is 11.5 Å². The first-order valence-corrected chi connectivity index (χ1v) is 4.24. The second kappa shape index (κ2) is 3.70. The van der Waals surface area contributed by atoms with E-state index in [1.165, 1.54) is 0 Å². The van der Waals surface area contributed by atoms with Gasteiger partial charge in [0, 0.05) is 0 Å². The zero-order valence-electron chi connectivity index (χ0n) is 6.68. The molecule has 0 radical (unpaired) electrons. The molecule has 1 aromatic carbocycles. The minimum atomic E-state index is -0.547. The molecule has 14 heavy (non-hydrogen) atoms. The summed E-state index contributed by atoms with van der Waals surface area (Å²) in [6.07, 6.45) is 0. The molecule has 0 unspecified atom stereocenters.